The van der Waals surface area contributed by atoms with E-state index in [2.05, 4.69) is 89.6 Å². The predicted molar refractivity (Wildman–Crippen MR) is 155 cm³/mol. The van der Waals surface area contributed by atoms with E-state index in [0.717, 1.165) is 53.6 Å². The first kappa shape index (κ1) is 21.1. The molecule has 0 atom stereocenters. The second-order valence-electron chi connectivity index (χ2n) is 14.6. The van der Waals surface area contributed by atoms with Crippen molar-refractivity contribution >= 4 is 23.1 Å². The van der Waals surface area contributed by atoms with E-state index in [1.807, 2.05) is 0 Å². The van der Waals surface area contributed by atoms with Gasteiger partial charge in [-0.15, -0.1) is 0 Å². The molecule has 2 aliphatic carbocycles. The fourth-order valence-electron chi connectivity index (χ4n) is 7.37. The number of ether oxygens (including phenoxy) is 2. The molecule has 0 unspecified atom stereocenters. The van der Waals surface area contributed by atoms with Crippen LogP contribution in [-0.2, 0) is 21.7 Å². The second-order valence-corrected chi connectivity index (χ2v) is 14.6. The first-order valence-electron chi connectivity index (χ1n) is 15.6. The molecule has 3 heterocycles. The highest BCUT2D eigenvalue weighted by Gasteiger charge is 2.47. The zero-order valence-electron chi connectivity index (χ0n) is 26.9. The topological polar surface area (TPSA) is 44.2 Å². The summed E-state index contributed by atoms with van der Waals surface area (Å²) in [5.74, 6) is 1.82. The summed E-state index contributed by atoms with van der Waals surface area (Å²) in [5.41, 5.74) is 8.24. The van der Waals surface area contributed by atoms with Crippen LogP contribution in [0.4, 0.5) is 0 Å². The predicted octanol–water partition coefficient (Wildman–Crippen LogP) is 6.21. The summed E-state index contributed by atoms with van der Waals surface area (Å²) in [7, 11) is 0. The van der Waals surface area contributed by atoms with Crippen LogP contribution in [0.5, 0.6) is 23.3 Å². The highest BCUT2D eigenvalue weighted by Crippen LogP contribution is 2.49. The first-order valence-corrected chi connectivity index (χ1v) is 14.1. The van der Waals surface area contributed by atoms with Gasteiger partial charge in [0.1, 0.15) is 17.3 Å². The second kappa shape index (κ2) is 7.22. The van der Waals surface area contributed by atoms with Gasteiger partial charge in [0, 0.05) is 4.11 Å². The Bertz CT molecular complexity index is 1540. The third-order valence-electron chi connectivity index (χ3n) is 10.2. The van der Waals surface area contributed by atoms with Crippen LogP contribution in [0.1, 0.15) is 113 Å². The lowest BCUT2D eigenvalue weighted by atomic mass is 9.34. The Hall–Kier alpha value is -2.82. The van der Waals surface area contributed by atoms with Gasteiger partial charge in [0.05, 0.1) is 5.46 Å². The molecule has 4 aliphatic rings. The molecule has 0 amide bonds. The van der Waals surface area contributed by atoms with Crippen LogP contribution >= 0.6 is 0 Å². The molecular formula is C33H39BN2O2. The molecule has 1 aromatic heterocycles. The molecule has 2 aliphatic heterocycles. The van der Waals surface area contributed by atoms with E-state index in [1.165, 1.54) is 22.3 Å². The molecular weight excluding hydrogens is 467 g/mol. The van der Waals surface area contributed by atoms with Crippen LogP contribution in [0, 0.1) is 6.85 Å². The molecule has 0 fully saturated rings. The summed E-state index contributed by atoms with van der Waals surface area (Å²) in [4.78, 5) is 8.98. The lowest BCUT2D eigenvalue weighted by Crippen LogP contribution is -2.59. The van der Waals surface area contributed by atoms with Crippen molar-refractivity contribution in [2.45, 2.75) is 110 Å². The average molecular weight is 510 g/mol. The van der Waals surface area contributed by atoms with Crippen molar-refractivity contribution in [1.82, 2.24) is 9.97 Å². The molecule has 7 rings (SSSR count). The summed E-state index contributed by atoms with van der Waals surface area (Å²) in [6.45, 7) is 15.8. The molecule has 0 bridgehead atoms. The molecule has 196 valence electrons. The summed E-state index contributed by atoms with van der Waals surface area (Å²) < 4.78 is 37.2. The van der Waals surface area contributed by atoms with Crippen LogP contribution in [-0.4, -0.2) is 16.7 Å². The van der Waals surface area contributed by atoms with Crippen molar-refractivity contribution in [2.75, 3.05) is 0 Å². The highest BCUT2D eigenvalue weighted by atomic mass is 16.5. The van der Waals surface area contributed by atoms with Gasteiger partial charge in [-0.25, -0.2) is 0 Å². The third-order valence-corrected chi connectivity index (χ3v) is 10.2. The number of hydrogen-bond donors (Lipinski definition) is 0. The number of nitrogens with zero attached hydrogens (tertiary/aromatic N) is 2. The Balaban J connectivity index is 1.54. The molecule has 0 radical (unpaired) electrons. The highest BCUT2D eigenvalue weighted by molar-refractivity contribution is 6.98. The van der Waals surface area contributed by atoms with E-state index >= 15 is 0 Å². The van der Waals surface area contributed by atoms with E-state index in [9.17, 15) is 0 Å². The van der Waals surface area contributed by atoms with Crippen LogP contribution in [0.25, 0.3) is 0 Å². The Labute approximate surface area is 231 Å². The first-order chi connectivity index (χ1) is 18.9. The molecule has 5 heteroatoms. The average Bonchev–Trinajstić information content (AvgIpc) is 2.87. The van der Waals surface area contributed by atoms with Gasteiger partial charge in [-0.3, -0.25) is 0 Å². The maximum Gasteiger partial charge on any atom is 0.265 e. The minimum Gasteiger partial charge on any atom is -0.440 e. The summed E-state index contributed by atoms with van der Waals surface area (Å²) in [6, 6.07) is 9.10. The van der Waals surface area contributed by atoms with Gasteiger partial charge < -0.3 is 9.47 Å². The van der Waals surface area contributed by atoms with Gasteiger partial charge in [0.15, 0.2) is 0 Å². The van der Waals surface area contributed by atoms with E-state index in [1.54, 1.807) is 0 Å². The Morgan fingerprint density at radius 1 is 0.632 bits per heavy atom. The Kier molecular flexibility index (Phi) is 4.00. The fourth-order valence-corrected chi connectivity index (χ4v) is 7.37. The SMILES string of the molecule is [2H]C([2H])([2H])c1nc2c3c(n1)Oc1cc4c(cc1B3c1cc3c(cc1O2)C(C)(C)CCC3(C)C)C(C)(C)CCC4(C)C. The molecule has 38 heavy (non-hydrogen) atoms. The zero-order chi connectivity index (χ0) is 29.5. The maximum absolute atomic E-state index is 8.06. The van der Waals surface area contributed by atoms with Gasteiger partial charge in [-0.05, 0) is 99.5 Å². The number of hydrogen-bond acceptors (Lipinski definition) is 4. The van der Waals surface area contributed by atoms with Crippen molar-refractivity contribution in [2.24, 2.45) is 0 Å². The molecule has 0 saturated carbocycles. The molecule has 0 N–H and O–H groups in total. The van der Waals surface area contributed by atoms with Crippen LogP contribution in [0.2, 0.25) is 0 Å². The van der Waals surface area contributed by atoms with E-state index in [0.29, 0.717) is 0 Å². The normalized spacial score (nSPS) is 23.6. The van der Waals surface area contributed by atoms with Crippen molar-refractivity contribution in [1.29, 1.82) is 0 Å². The lowest BCUT2D eigenvalue weighted by Gasteiger charge is -2.44. The van der Waals surface area contributed by atoms with Crippen LogP contribution in [0.3, 0.4) is 0 Å². The molecule has 4 nitrogen and oxygen atoms in total. The van der Waals surface area contributed by atoms with Crippen molar-refractivity contribution in [3.05, 3.63) is 52.3 Å². The molecule has 0 saturated heterocycles. The van der Waals surface area contributed by atoms with Crippen molar-refractivity contribution < 1.29 is 13.6 Å². The number of fused-ring (bicyclic) bond motifs is 6. The largest absolute Gasteiger partial charge is 0.440 e. The summed E-state index contributed by atoms with van der Waals surface area (Å²) >= 11 is 0. The van der Waals surface area contributed by atoms with Crippen LogP contribution in [0.15, 0.2) is 24.3 Å². The number of aromatic nitrogens is 2. The minimum atomic E-state index is -2.49. The van der Waals surface area contributed by atoms with Gasteiger partial charge in [0.2, 0.25) is 11.8 Å². The monoisotopic (exact) mass is 509 g/mol. The van der Waals surface area contributed by atoms with Gasteiger partial charge in [-0.2, -0.15) is 9.97 Å². The van der Waals surface area contributed by atoms with Gasteiger partial charge >= 0.3 is 0 Å². The summed E-state index contributed by atoms with van der Waals surface area (Å²) in [6.07, 6.45) is 4.41. The van der Waals surface area contributed by atoms with Crippen molar-refractivity contribution in [3.8, 4) is 23.3 Å². The van der Waals surface area contributed by atoms with E-state index in [4.69, 9.17) is 13.6 Å². The third kappa shape index (κ3) is 3.23. The Morgan fingerprint density at radius 3 is 1.37 bits per heavy atom. The Morgan fingerprint density at radius 2 is 1.00 bits per heavy atom. The minimum absolute atomic E-state index is 0.00641. The van der Waals surface area contributed by atoms with E-state index in [-0.39, 0.29) is 46.0 Å². The van der Waals surface area contributed by atoms with Crippen molar-refractivity contribution in [3.63, 3.8) is 0 Å². The maximum atomic E-state index is 8.06. The smallest absolute Gasteiger partial charge is 0.265 e. The molecule has 3 aromatic rings. The lowest BCUT2D eigenvalue weighted by molar-refractivity contribution is 0.329. The molecule has 0 spiro atoms. The van der Waals surface area contributed by atoms with E-state index < -0.39 is 6.85 Å². The number of aryl methyl sites for hydroxylation is 1. The van der Waals surface area contributed by atoms with Gasteiger partial charge in [0.25, 0.3) is 6.71 Å². The number of benzene rings is 2. The zero-order valence-corrected chi connectivity index (χ0v) is 23.9. The fraction of sp³-hybridized carbons (Fsp3) is 0.515. The molecule has 2 aromatic carbocycles. The summed E-state index contributed by atoms with van der Waals surface area (Å²) in [5, 5.41) is 0. The van der Waals surface area contributed by atoms with Gasteiger partial charge in [-0.1, -0.05) is 67.5 Å². The van der Waals surface area contributed by atoms with Crippen LogP contribution < -0.4 is 25.9 Å². The number of rotatable bonds is 0. The quantitative estimate of drug-likeness (QED) is 0.233. The standard InChI is InChI=1S/C33H39BN2O2/c1-18-35-28-27-29(36-18)38-26-17-22-20(31(4,5)11-13-33(22,8)9)15-24(26)34(27)23-14-19-21(16-25(23)37-28)32(6,7)12-10-30(19,2)3/h14-17H,10-13H2,1-9H3/i1D3.